The molecule has 0 fully saturated rings. The zero-order valence-electron chi connectivity index (χ0n) is 8.02. The molecule has 0 bridgehead atoms. The second-order valence-corrected chi connectivity index (χ2v) is 3.75. The van der Waals surface area contributed by atoms with Gasteiger partial charge in [0.1, 0.15) is 5.82 Å². The maximum atomic E-state index is 13.4. The Kier molecular flexibility index (Phi) is 4.54. The Labute approximate surface area is 101 Å². The molecule has 1 aromatic carbocycles. The smallest absolute Gasteiger partial charge is 0.341 e. The van der Waals surface area contributed by atoms with Crippen molar-refractivity contribution in [3.63, 3.8) is 0 Å². The fraction of sp³-hybridized carbons (Fsp3) is 0.300. The monoisotopic (exact) mass is 294 g/mol. The lowest BCUT2D eigenvalue weighted by molar-refractivity contribution is 0.0521. The van der Waals surface area contributed by atoms with E-state index in [-0.39, 0.29) is 12.2 Å². The van der Waals surface area contributed by atoms with Gasteiger partial charge in [0.25, 0.3) is 0 Å². The maximum Gasteiger partial charge on any atom is 0.341 e. The van der Waals surface area contributed by atoms with Crippen molar-refractivity contribution in [1.82, 2.24) is 0 Å². The van der Waals surface area contributed by atoms with Crippen LogP contribution in [0.4, 0.5) is 4.39 Å². The first-order chi connectivity index (χ1) is 7.10. The number of alkyl halides is 1. The highest BCUT2D eigenvalue weighted by Gasteiger charge is 2.15. The summed E-state index contributed by atoms with van der Waals surface area (Å²) >= 11 is 9.01. The van der Waals surface area contributed by atoms with Gasteiger partial charge in [0.15, 0.2) is 0 Å². The van der Waals surface area contributed by atoms with E-state index in [1.54, 1.807) is 6.92 Å². The van der Waals surface area contributed by atoms with E-state index in [1.165, 1.54) is 12.1 Å². The molecule has 0 atom stereocenters. The molecule has 0 aliphatic carbocycles. The molecule has 0 aliphatic heterocycles. The van der Waals surface area contributed by atoms with E-state index in [0.29, 0.717) is 15.9 Å². The highest BCUT2D eigenvalue weighted by molar-refractivity contribution is 9.08. The number of benzene rings is 1. The minimum Gasteiger partial charge on any atom is -0.462 e. The van der Waals surface area contributed by atoms with Crippen LogP contribution in [-0.2, 0) is 10.1 Å². The Morgan fingerprint density at radius 2 is 2.27 bits per heavy atom. The molecule has 0 aliphatic rings. The van der Waals surface area contributed by atoms with E-state index in [4.69, 9.17) is 11.6 Å². The van der Waals surface area contributed by atoms with Gasteiger partial charge in [-0.25, -0.2) is 9.18 Å². The second-order valence-electron chi connectivity index (χ2n) is 2.78. The van der Waals surface area contributed by atoms with E-state index >= 15 is 0 Å². The summed E-state index contributed by atoms with van der Waals surface area (Å²) in [5.41, 5.74) is 0.466. The molecular formula is C10H9BrClFO2. The highest BCUT2D eigenvalue weighted by Crippen LogP contribution is 2.23. The van der Waals surface area contributed by atoms with Crippen LogP contribution in [0.1, 0.15) is 22.8 Å². The van der Waals surface area contributed by atoms with Crippen LogP contribution in [0.3, 0.4) is 0 Å². The number of esters is 1. The summed E-state index contributed by atoms with van der Waals surface area (Å²) in [4.78, 5) is 11.3. The third-order valence-corrected chi connectivity index (χ3v) is 2.73. The lowest BCUT2D eigenvalue weighted by atomic mass is 10.1. The largest absolute Gasteiger partial charge is 0.462 e. The topological polar surface area (TPSA) is 26.3 Å². The van der Waals surface area contributed by atoms with Gasteiger partial charge in [-0.15, -0.1) is 0 Å². The van der Waals surface area contributed by atoms with Crippen LogP contribution in [0.5, 0.6) is 0 Å². The van der Waals surface area contributed by atoms with Gasteiger partial charge in [-0.2, -0.15) is 0 Å². The minimum absolute atomic E-state index is 0.133. The summed E-state index contributed by atoms with van der Waals surface area (Å²) in [7, 11) is 0. The quantitative estimate of drug-likeness (QED) is 0.629. The molecule has 0 radical (unpaired) electrons. The Morgan fingerprint density at radius 1 is 1.60 bits per heavy atom. The molecule has 0 spiro atoms. The molecule has 0 aromatic heterocycles. The summed E-state index contributed by atoms with van der Waals surface area (Å²) in [5, 5.41) is 0.780. The predicted molar refractivity (Wildman–Crippen MR) is 60.0 cm³/mol. The fourth-order valence-corrected chi connectivity index (χ4v) is 1.91. The number of hydrogen-bond acceptors (Lipinski definition) is 2. The third kappa shape index (κ3) is 2.92. The molecule has 0 heterocycles. The third-order valence-electron chi connectivity index (χ3n) is 1.78. The fourth-order valence-electron chi connectivity index (χ4n) is 1.06. The molecule has 5 heteroatoms. The Hall–Kier alpha value is -0.610. The van der Waals surface area contributed by atoms with Crippen molar-refractivity contribution in [3.05, 3.63) is 34.1 Å². The van der Waals surface area contributed by atoms with E-state index < -0.39 is 11.8 Å². The van der Waals surface area contributed by atoms with Crippen molar-refractivity contribution >= 4 is 33.5 Å². The average molecular weight is 296 g/mol. The molecule has 82 valence electrons. The van der Waals surface area contributed by atoms with Crippen molar-refractivity contribution in [2.75, 3.05) is 6.61 Å². The maximum absolute atomic E-state index is 13.4. The molecule has 0 N–H and O–H groups in total. The van der Waals surface area contributed by atoms with Crippen LogP contribution in [0.25, 0.3) is 0 Å². The first-order valence-electron chi connectivity index (χ1n) is 4.31. The van der Waals surface area contributed by atoms with Crippen molar-refractivity contribution in [1.29, 1.82) is 0 Å². The van der Waals surface area contributed by atoms with Crippen molar-refractivity contribution < 1.29 is 13.9 Å². The van der Waals surface area contributed by atoms with Gasteiger partial charge in [0.2, 0.25) is 0 Å². The average Bonchev–Trinajstić information content (AvgIpc) is 2.21. The summed E-state index contributed by atoms with van der Waals surface area (Å²) < 4.78 is 18.1. The Balaban J connectivity index is 3.10. The summed E-state index contributed by atoms with van der Waals surface area (Å²) in [6.07, 6.45) is 0. The number of hydrogen-bond donors (Lipinski definition) is 0. The Morgan fingerprint density at radius 3 is 2.80 bits per heavy atom. The van der Waals surface area contributed by atoms with E-state index in [1.807, 2.05) is 0 Å². The van der Waals surface area contributed by atoms with Gasteiger partial charge in [0.05, 0.1) is 12.2 Å². The SMILES string of the molecule is CCOC(=O)c1cc(Cl)c(CBr)cc1F. The lowest BCUT2D eigenvalue weighted by Gasteiger charge is -2.06. The molecule has 1 aromatic rings. The van der Waals surface area contributed by atoms with Crippen molar-refractivity contribution in [3.8, 4) is 0 Å². The van der Waals surface area contributed by atoms with Gasteiger partial charge >= 0.3 is 5.97 Å². The van der Waals surface area contributed by atoms with Gasteiger partial charge < -0.3 is 4.74 Å². The standard InChI is InChI=1S/C10H9BrClFO2/c1-2-15-10(14)7-4-8(12)6(5-11)3-9(7)13/h3-4H,2,5H2,1H3. The van der Waals surface area contributed by atoms with Crippen LogP contribution in [0.2, 0.25) is 5.02 Å². The number of ether oxygens (including phenoxy) is 1. The first kappa shape index (κ1) is 12.5. The van der Waals surface area contributed by atoms with E-state index in [2.05, 4.69) is 20.7 Å². The predicted octanol–water partition coefficient (Wildman–Crippen LogP) is 3.55. The molecular weight excluding hydrogens is 286 g/mol. The van der Waals surface area contributed by atoms with Crippen LogP contribution >= 0.6 is 27.5 Å². The first-order valence-corrected chi connectivity index (χ1v) is 5.81. The molecule has 0 saturated heterocycles. The molecule has 2 nitrogen and oxygen atoms in total. The zero-order chi connectivity index (χ0) is 11.4. The van der Waals surface area contributed by atoms with Crippen LogP contribution in [0.15, 0.2) is 12.1 Å². The normalized spacial score (nSPS) is 10.1. The molecule has 1 rings (SSSR count). The molecule has 0 amide bonds. The Bertz CT molecular complexity index is 382. The van der Waals surface area contributed by atoms with Crippen LogP contribution < -0.4 is 0 Å². The van der Waals surface area contributed by atoms with E-state index in [0.717, 1.165) is 0 Å². The van der Waals surface area contributed by atoms with Gasteiger partial charge in [0, 0.05) is 10.4 Å². The lowest BCUT2D eigenvalue weighted by Crippen LogP contribution is -2.07. The van der Waals surface area contributed by atoms with Gasteiger partial charge in [-0.3, -0.25) is 0 Å². The number of halogens is 3. The number of carbonyl (C=O) groups is 1. The summed E-state index contributed by atoms with van der Waals surface area (Å²) in [6.45, 7) is 1.86. The summed E-state index contributed by atoms with van der Waals surface area (Å²) in [5.74, 6) is -1.31. The van der Waals surface area contributed by atoms with Crippen molar-refractivity contribution in [2.24, 2.45) is 0 Å². The highest BCUT2D eigenvalue weighted by atomic mass is 79.9. The van der Waals surface area contributed by atoms with Crippen LogP contribution in [0, 0.1) is 5.82 Å². The van der Waals surface area contributed by atoms with Crippen molar-refractivity contribution in [2.45, 2.75) is 12.3 Å². The molecule has 0 saturated carbocycles. The zero-order valence-corrected chi connectivity index (χ0v) is 10.4. The number of rotatable bonds is 3. The van der Waals surface area contributed by atoms with Crippen LogP contribution in [-0.4, -0.2) is 12.6 Å². The van der Waals surface area contributed by atoms with E-state index in [9.17, 15) is 9.18 Å². The summed E-state index contributed by atoms with van der Waals surface area (Å²) in [6, 6.07) is 2.51. The minimum atomic E-state index is -0.696. The molecule has 0 unspecified atom stereocenters. The number of carbonyl (C=O) groups excluding carboxylic acids is 1. The van der Waals surface area contributed by atoms with Gasteiger partial charge in [-0.05, 0) is 24.6 Å². The second kappa shape index (κ2) is 5.47. The molecule has 15 heavy (non-hydrogen) atoms. The van der Waals surface area contributed by atoms with Gasteiger partial charge in [-0.1, -0.05) is 27.5 Å².